The fourth-order valence-electron chi connectivity index (χ4n) is 0.952. The van der Waals surface area contributed by atoms with E-state index in [1.807, 2.05) is 0 Å². The molecule has 0 aromatic carbocycles. The standard InChI is InChI=1S/C5H3N5O2S2/c11-14(12)10-5-8-3-2(4(13)9-5)6-1-7-3/h1H,(H2,6,7,8,9,13). The maximum atomic E-state index is 10.3. The molecule has 0 aliphatic heterocycles. The van der Waals surface area contributed by atoms with Gasteiger partial charge in [-0.3, -0.25) is 0 Å². The SMILES string of the molecule is O=S(=O)=Nc1nc(=S)c2[nH]cnc2[nH]1. The lowest BCUT2D eigenvalue weighted by Crippen LogP contribution is -1.84. The van der Waals surface area contributed by atoms with Crippen molar-refractivity contribution in [3.05, 3.63) is 11.0 Å². The van der Waals surface area contributed by atoms with Gasteiger partial charge in [-0.25, -0.2) is 4.98 Å². The quantitative estimate of drug-likeness (QED) is 0.701. The van der Waals surface area contributed by atoms with Crippen molar-refractivity contribution in [2.75, 3.05) is 0 Å². The van der Waals surface area contributed by atoms with E-state index in [2.05, 4.69) is 24.3 Å². The van der Waals surface area contributed by atoms with Crippen LogP contribution in [-0.2, 0) is 10.5 Å². The monoisotopic (exact) mass is 229 g/mol. The van der Waals surface area contributed by atoms with Gasteiger partial charge in [0.2, 0.25) is 5.95 Å². The number of H-pyrrole nitrogens is 2. The molecular formula is C5H3N5O2S2. The average molecular weight is 229 g/mol. The van der Waals surface area contributed by atoms with Crippen LogP contribution in [0.1, 0.15) is 0 Å². The predicted molar refractivity (Wildman–Crippen MR) is 50.1 cm³/mol. The largest absolute Gasteiger partial charge is 0.341 e. The molecule has 2 rings (SSSR count). The number of fused-ring (bicyclic) bond motifs is 1. The molecule has 9 heteroatoms. The highest BCUT2D eigenvalue weighted by atomic mass is 32.2. The highest BCUT2D eigenvalue weighted by Crippen LogP contribution is 2.11. The minimum atomic E-state index is -2.56. The first kappa shape index (κ1) is 8.97. The van der Waals surface area contributed by atoms with Gasteiger partial charge in [0.1, 0.15) is 5.52 Å². The summed E-state index contributed by atoms with van der Waals surface area (Å²) in [6.07, 6.45) is 1.43. The van der Waals surface area contributed by atoms with E-state index in [0.717, 1.165) is 0 Å². The number of rotatable bonds is 1. The van der Waals surface area contributed by atoms with Crippen molar-refractivity contribution in [1.29, 1.82) is 0 Å². The molecular weight excluding hydrogens is 226 g/mol. The van der Waals surface area contributed by atoms with Crippen LogP contribution < -0.4 is 0 Å². The fraction of sp³-hybridized carbons (Fsp3) is 0. The molecule has 0 saturated heterocycles. The first-order chi connectivity index (χ1) is 6.66. The molecule has 0 amide bonds. The second-order valence-electron chi connectivity index (χ2n) is 2.30. The van der Waals surface area contributed by atoms with E-state index in [1.54, 1.807) is 0 Å². The Bertz CT molecular complexity index is 659. The molecule has 0 unspecified atom stereocenters. The molecule has 2 aromatic heterocycles. The third kappa shape index (κ3) is 1.54. The first-order valence-electron chi connectivity index (χ1n) is 3.41. The number of nitrogens with one attached hydrogen (secondary N) is 2. The van der Waals surface area contributed by atoms with Crippen LogP contribution >= 0.6 is 12.2 Å². The minimum Gasteiger partial charge on any atom is -0.341 e. The molecule has 2 N–H and O–H groups in total. The van der Waals surface area contributed by atoms with E-state index in [0.29, 0.717) is 11.2 Å². The lowest BCUT2D eigenvalue weighted by Gasteiger charge is -1.90. The number of aromatic nitrogens is 4. The highest BCUT2D eigenvalue weighted by molar-refractivity contribution is 7.71. The zero-order chi connectivity index (χ0) is 10.1. The van der Waals surface area contributed by atoms with Crippen molar-refractivity contribution < 1.29 is 8.42 Å². The molecule has 0 fully saturated rings. The zero-order valence-electron chi connectivity index (χ0n) is 6.55. The van der Waals surface area contributed by atoms with Gasteiger partial charge < -0.3 is 9.97 Å². The number of hydrogen-bond donors (Lipinski definition) is 2. The number of hydrogen-bond acceptors (Lipinski definition) is 6. The van der Waals surface area contributed by atoms with E-state index < -0.39 is 10.5 Å². The van der Waals surface area contributed by atoms with E-state index in [9.17, 15) is 8.42 Å². The summed E-state index contributed by atoms with van der Waals surface area (Å²) in [5, 5.41) is 0. The Morgan fingerprint density at radius 3 is 3.00 bits per heavy atom. The fourth-order valence-corrected chi connectivity index (χ4v) is 1.42. The number of imidazole rings is 1. The number of nitrogens with zero attached hydrogens (tertiary/aromatic N) is 3. The van der Waals surface area contributed by atoms with Gasteiger partial charge >= 0.3 is 10.5 Å². The van der Waals surface area contributed by atoms with Gasteiger partial charge in [-0.15, -0.1) is 0 Å². The van der Waals surface area contributed by atoms with Gasteiger partial charge in [-0.05, 0) is 0 Å². The van der Waals surface area contributed by atoms with E-state index >= 15 is 0 Å². The summed E-state index contributed by atoms with van der Waals surface area (Å²) in [6.45, 7) is 0. The summed E-state index contributed by atoms with van der Waals surface area (Å²) < 4.78 is 23.9. The molecule has 0 aliphatic carbocycles. The van der Waals surface area contributed by atoms with Crippen LogP contribution in [0.4, 0.5) is 5.95 Å². The molecule has 7 nitrogen and oxygen atoms in total. The highest BCUT2D eigenvalue weighted by Gasteiger charge is 2.01. The lowest BCUT2D eigenvalue weighted by molar-refractivity contribution is 0.622. The van der Waals surface area contributed by atoms with Gasteiger partial charge in [0.25, 0.3) is 0 Å². The lowest BCUT2D eigenvalue weighted by atomic mass is 10.6. The van der Waals surface area contributed by atoms with Crippen LogP contribution in [0, 0.1) is 4.64 Å². The molecule has 0 atom stereocenters. The van der Waals surface area contributed by atoms with Crippen LogP contribution in [0.25, 0.3) is 11.2 Å². The van der Waals surface area contributed by atoms with Crippen molar-refractivity contribution in [2.24, 2.45) is 4.36 Å². The summed E-state index contributed by atoms with van der Waals surface area (Å²) in [6, 6.07) is 0. The predicted octanol–water partition coefficient (Wildman–Crippen LogP) is 0.710. The Morgan fingerprint density at radius 2 is 2.29 bits per heavy atom. The van der Waals surface area contributed by atoms with Crippen LogP contribution in [0.15, 0.2) is 10.7 Å². The molecule has 14 heavy (non-hydrogen) atoms. The second-order valence-corrected chi connectivity index (χ2v) is 3.30. The Hall–Kier alpha value is -1.61. The Balaban J connectivity index is 2.83. The number of aromatic amines is 2. The summed E-state index contributed by atoms with van der Waals surface area (Å²) in [5.41, 5.74) is 0.977. The topological polar surface area (TPSA) is 104 Å². The molecule has 0 spiro atoms. The molecule has 0 aliphatic rings. The third-order valence-corrected chi connectivity index (χ3v) is 2.07. The molecule has 2 aromatic rings. The Labute approximate surface area is 83.9 Å². The first-order valence-corrected chi connectivity index (χ1v) is 4.85. The minimum absolute atomic E-state index is 0.0806. The summed E-state index contributed by atoms with van der Waals surface area (Å²) in [4.78, 5) is 13.0. The molecule has 0 saturated carbocycles. The van der Waals surface area contributed by atoms with Gasteiger partial charge in [0, 0.05) is 0 Å². The maximum absolute atomic E-state index is 10.3. The normalized spacial score (nSPS) is 10.3. The average Bonchev–Trinajstić information content (AvgIpc) is 2.50. The molecule has 2 heterocycles. The van der Waals surface area contributed by atoms with Crippen molar-refractivity contribution >= 4 is 39.8 Å². The summed E-state index contributed by atoms with van der Waals surface area (Å²) in [7, 11) is -2.56. The van der Waals surface area contributed by atoms with E-state index in [4.69, 9.17) is 12.2 Å². The van der Waals surface area contributed by atoms with Crippen molar-refractivity contribution in [1.82, 2.24) is 19.9 Å². The van der Waals surface area contributed by atoms with Crippen molar-refractivity contribution in [2.45, 2.75) is 0 Å². The molecule has 0 bridgehead atoms. The van der Waals surface area contributed by atoms with Crippen LogP contribution in [-0.4, -0.2) is 28.4 Å². The smallest absolute Gasteiger partial charge is 0.319 e. The van der Waals surface area contributed by atoms with Crippen LogP contribution in [0.3, 0.4) is 0 Å². The Kier molecular flexibility index (Phi) is 2.09. The van der Waals surface area contributed by atoms with Gasteiger partial charge in [-0.2, -0.15) is 13.4 Å². The molecule has 0 radical (unpaired) electrons. The maximum Gasteiger partial charge on any atom is 0.319 e. The summed E-state index contributed by atoms with van der Waals surface area (Å²) in [5.74, 6) is -0.0806. The van der Waals surface area contributed by atoms with Crippen LogP contribution in [0.5, 0.6) is 0 Å². The molecule has 72 valence electrons. The van der Waals surface area contributed by atoms with Gasteiger partial charge in [-0.1, -0.05) is 16.6 Å². The van der Waals surface area contributed by atoms with E-state index in [-0.39, 0.29) is 10.6 Å². The van der Waals surface area contributed by atoms with Crippen molar-refractivity contribution in [3.63, 3.8) is 0 Å². The zero-order valence-corrected chi connectivity index (χ0v) is 8.18. The Morgan fingerprint density at radius 1 is 1.50 bits per heavy atom. The van der Waals surface area contributed by atoms with Crippen molar-refractivity contribution in [3.8, 4) is 0 Å². The second kappa shape index (κ2) is 3.27. The summed E-state index contributed by atoms with van der Waals surface area (Å²) >= 11 is 4.88. The van der Waals surface area contributed by atoms with E-state index in [1.165, 1.54) is 6.33 Å². The van der Waals surface area contributed by atoms with Gasteiger partial charge in [0.05, 0.1) is 6.33 Å². The van der Waals surface area contributed by atoms with Gasteiger partial charge in [0.15, 0.2) is 10.3 Å². The van der Waals surface area contributed by atoms with Crippen LogP contribution in [0.2, 0.25) is 0 Å². The third-order valence-electron chi connectivity index (χ3n) is 1.45.